The van der Waals surface area contributed by atoms with E-state index in [1.165, 1.54) is 77.0 Å². The molecule has 2 nitrogen and oxygen atoms in total. The predicted molar refractivity (Wildman–Crippen MR) is 105 cm³/mol. The fourth-order valence-electron chi connectivity index (χ4n) is 2.80. The molecule has 140 valence electrons. The monoisotopic (exact) mass is 346 g/mol. The molecule has 0 spiro atoms. The zero-order valence-corrected chi connectivity index (χ0v) is 16.8. The Bertz CT molecular complexity index is 212. The molecule has 0 N–H and O–H groups in total. The van der Waals surface area contributed by atoms with Crippen molar-refractivity contribution in [1.82, 2.24) is 0 Å². The molecule has 0 amide bonds. The number of rotatable bonds is 19. The number of hydrogen-bond donors (Lipinski definition) is 0. The third-order valence-electron chi connectivity index (χ3n) is 4.33. The maximum atomic E-state index is 11.3. The second-order valence-electron chi connectivity index (χ2n) is 6.64. The number of hydrogen-bond acceptors (Lipinski definition) is 2. The van der Waals surface area contributed by atoms with Crippen molar-refractivity contribution < 1.29 is 9.29 Å². The maximum Gasteiger partial charge on any atom is 0.105 e. The van der Waals surface area contributed by atoms with E-state index < -0.39 is 11.2 Å². The smallest absolute Gasteiger partial charge is 0.105 e. The molecule has 0 aliphatic rings. The van der Waals surface area contributed by atoms with Gasteiger partial charge in [-0.1, -0.05) is 82.3 Å². The molecule has 23 heavy (non-hydrogen) atoms. The molecule has 0 bridgehead atoms. The summed E-state index contributed by atoms with van der Waals surface area (Å²) in [5.41, 5.74) is 0. The molecule has 0 aromatic carbocycles. The topological polar surface area (TPSA) is 32.3 Å². The van der Waals surface area contributed by atoms with Crippen molar-refractivity contribution in [3.05, 3.63) is 0 Å². The van der Waals surface area contributed by atoms with Crippen molar-refractivity contribution in [3.8, 4) is 0 Å². The van der Waals surface area contributed by atoms with E-state index in [-0.39, 0.29) is 0 Å². The third kappa shape index (κ3) is 20.2. The first-order valence-electron chi connectivity index (χ1n) is 10.2. The van der Waals surface area contributed by atoms with E-state index in [1.807, 2.05) is 6.92 Å². The first-order chi connectivity index (χ1) is 11.3. The van der Waals surface area contributed by atoms with Gasteiger partial charge >= 0.3 is 0 Å². The van der Waals surface area contributed by atoms with Gasteiger partial charge in [-0.05, 0) is 32.6 Å². The van der Waals surface area contributed by atoms with Crippen molar-refractivity contribution in [1.29, 1.82) is 0 Å². The van der Waals surface area contributed by atoms with Gasteiger partial charge in [-0.3, -0.25) is 0 Å². The average Bonchev–Trinajstić information content (AvgIpc) is 2.57. The normalized spacial score (nSPS) is 12.7. The highest BCUT2D eigenvalue weighted by molar-refractivity contribution is 7.91. The van der Waals surface area contributed by atoms with E-state index in [4.69, 9.17) is 4.74 Å². The molecule has 0 aromatic rings. The first kappa shape index (κ1) is 23.3. The van der Waals surface area contributed by atoms with Crippen LogP contribution in [0.1, 0.15) is 104 Å². The van der Waals surface area contributed by atoms with Gasteiger partial charge in [-0.25, -0.2) is 0 Å². The standard InChI is InChI=1S/C20H42O2S/c1-3-18-22-19-16-14-12-10-8-6-5-7-9-11-13-15-17-20-23(21)4-2/h3-20H2,1-2H3. The van der Waals surface area contributed by atoms with Crippen LogP contribution in [0.25, 0.3) is 0 Å². The summed E-state index contributed by atoms with van der Waals surface area (Å²) in [5, 5.41) is 0. The van der Waals surface area contributed by atoms with Gasteiger partial charge in [0.2, 0.25) is 0 Å². The van der Waals surface area contributed by atoms with Crippen molar-refractivity contribution in [2.45, 2.75) is 104 Å². The Kier molecular flexibility index (Phi) is 20.6. The molecule has 0 aromatic heterocycles. The Morgan fingerprint density at radius 2 is 1.04 bits per heavy atom. The summed E-state index contributed by atoms with van der Waals surface area (Å²) in [6.45, 7) is 6.06. The second-order valence-corrected chi connectivity index (χ2v) is 8.51. The quantitative estimate of drug-likeness (QED) is 0.204. The lowest BCUT2D eigenvalue weighted by Crippen LogP contribution is -2.08. The fraction of sp³-hybridized carbons (Fsp3) is 1.00. The van der Waals surface area contributed by atoms with E-state index in [2.05, 4.69) is 6.92 Å². The third-order valence-corrected chi connectivity index (χ3v) is 5.72. The number of unbranched alkanes of at least 4 members (excludes halogenated alkanes) is 12. The Hall–Kier alpha value is 0.270. The summed E-state index contributed by atoms with van der Waals surface area (Å²) in [6, 6.07) is 0. The largest absolute Gasteiger partial charge is 0.616 e. The lowest BCUT2D eigenvalue weighted by Gasteiger charge is -2.07. The zero-order chi connectivity index (χ0) is 17.0. The van der Waals surface area contributed by atoms with Gasteiger partial charge in [0.1, 0.15) is 11.5 Å². The Morgan fingerprint density at radius 1 is 0.609 bits per heavy atom. The summed E-state index contributed by atoms with van der Waals surface area (Å²) in [6.07, 6.45) is 18.7. The van der Waals surface area contributed by atoms with Crippen molar-refractivity contribution in [2.24, 2.45) is 0 Å². The van der Waals surface area contributed by atoms with Crippen LogP contribution < -0.4 is 0 Å². The molecule has 0 saturated heterocycles. The molecule has 1 atom stereocenters. The van der Waals surface area contributed by atoms with E-state index >= 15 is 0 Å². The van der Waals surface area contributed by atoms with Crippen molar-refractivity contribution in [2.75, 3.05) is 24.7 Å². The van der Waals surface area contributed by atoms with Crippen LogP contribution >= 0.6 is 0 Å². The van der Waals surface area contributed by atoms with Crippen molar-refractivity contribution in [3.63, 3.8) is 0 Å². The molecule has 0 aliphatic heterocycles. The van der Waals surface area contributed by atoms with E-state index in [0.717, 1.165) is 37.6 Å². The summed E-state index contributed by atoms with van der Waals surface area (Å²) >= 11 is -0.552. The zero-order valence-electron chi connectivity index (χ0n) is 16.0. The highest BCUT2D eigenvalue weighted by Gasteiger charge is 2.00. The van der Waals surface area contributed by atoms with E-state index in [1.54, 1.807) is 0 Å². The second kappa shape index (κ2) is 20.3. The number of ether oxygens (including phenoxy) is 1. The fourth-order valence-corrected chi connectivity index (χ4v) is 3.62. The molecule has 0 radical (unpaired) electrons. The van der Waals surface area contributed by atoms with Gasteiger partial charge < -0.3 is 9.29 Å². The van der Waals surface area contributed by atoms with E-state index in [0.29, 0.717) is 0 Å². The highest BCUT2D eigenvalue weighted by atomic mass is 32.2. The molecule has 0 aliphatic carbocycles. The average molecular weight is 347 g/mol. The van der Waals surface area contributed by atoms with Crippen molar-refractivity contribution >= 4 is 11.2 Å². The van der Waals surface area contributed by atoms with Gasteiger partial charge in [-0.15, -0.1) is 0 Å². The van der Waals surface area contributed by atoms with Crippen LogP contribution in [-0.4, -0.2) is 29.3 Å². The molecular weight excluding hydrogens is 304 g/mol. The van der Waals surface area contributed by atoms with Gasteiger partial charge in [-0.2, -0.15) is 0 Å². The maximum absolute atomic E-state index is 11.3. The van der Waals surface area contributed by atoms with Gasteiger partial charge in [0.25, 0.3) is 0 Å². The Balaban J connectivity index is 2.97. The molecule has 3 heteroatoms. The molecule has 1 unspecified atom stereocenters. The molecular formula is C20H42O2S. The minimum Gasteiger partial charge on any atom is -0.616 e. The van der Waals surface area contributed by atoms with Crippen LogP contribution in [0.15, 0.2) is 0 Å². The van der Waals surface area contributed by atoms with Crippen LogP contribution in [0.4, 0.5) is 0 Å². The lowest BCUT2D eigenvalue weighted by molar-refractivity contribution is 0.130. The molecule has 0 fully saturated rings. The van der Waals surface area contributed by atoms with Crippen LogP contribution in [0, 0.1) is 0 Å². The molecule has 0 heterocycles. The summed E-state index contributed by atoms with van der Waals surface area (Å²) in [4.78, 5) is 0. The van der Waals surface area contributed by atoms with Gasteiger partial charge in [0.05, 0.1) is 0 Å². The van der Waals surface area contributed by atoms with Crippen LogP contribution in [0.5, 0.6) is 0 Å². The molecule has 0 rings (SSSR count). The summed E-state index contributed by atoms with van der Waals surface area (Å²) in [7, 11) is 0. The molecule has 0 saturated carbocycles. The minimum atomic E-state index is -0.552. The first-order valence-corrected chi connectivity index (χ1v) is 11.7. The van der Waals surface area contributed by atoms with Crippen LogP contribution in [0.2, 0.25) is 0 Å². The van der Waals surface area contributed by atoms with Crippen LogP contribution in [0.3, 0.4) is 0 Å². The van der Waals surface area contributed by atoms with E-state index in [9.17, 15) is 4.55 Å². The minimum absolute atomic E-state index is 0.552. The predicted octanol–water partition coefficient (Wildman–Crippen LogP) is 6.25. The lowest BCUT2D eigenvalue weighted by atomic mass is 10.0. The highest BCUT2D eigenvalue weighted by Crippen LogP contribution is 2.13. The Morgan fingerprint density at radius 3 is 1.48 bits per heavy atom. The van der Waals surface area contributed by atoms with Gasteiger partial charge in [0, 0.05) is 13.2 Å². The van der Waals surface area contributed by atoms with Crippen LogP contribution in [-0.2, 0) is 15.9 Å². The summed E-state index contributed by atoms with van der Waals surface area (Å²) < 4.78 is 16.8. The Labute approximate surface area is 149 Å². The SMILES string of the molecule is CCCOCCCCCCCCCCCCCCC[S+]([O-])CC. The summed E-state index contributed by atoms with van der Waals surface area (Å²) in [5.74, 6) is 1.74. The van der Waals surface area contributed by atoms with Gasteiger partial charge in [0.15, 0.2) is 0 Å².